The van der Waals surface area contributed by atoms with Crippen LogP contribution in [0.15, 0.2) is 18.2 Å². The predicted octanol–water partition coefficient (Wildman–Crippen LogP) is 4.51. The molecule has 4 nitrogen and oxygen atoms in total. The van der Waals surface area contributed by atoms with Crippen LogP contribution in [0.2, 0.25) is 0 Å². The molecule has 0 N–H and O–H groups in total. The highest BCUT2D eigenvalue weighted by Crippen LogP contribution is 2.61. The minimum Gasteiger partial charge on any atom is -0.468 e. The molecule has 0 saturated heterocycles. The van der Waals surface area contributed by atoms with E-state index < -0.39 is 0 Å². The monoisotopic (exact) mass is 360 g/mol. The molecule has 3 aliphatic rings. The Labute approximate surface area is 157 Å². The molecule has 0 heterocycles. The van der Waals surface area contributed by atoms with Crippen LogP contribution >= 0.6 is 0 Å². The van der Waals surface area contributed by atoms with Gasteiger partial charge in [0.2, 0.25) is 0 Å². The van der Waals surface area contributed by atoms with Gasteiger partial charge in [-0.05, 0) is 85.0 Å². The van der Waals surface area contributed by atoms with E-state index >= 15 is 0 Å². The molecule has 1 aromatic rings. The fourth-order valence-electron chi connectivity index (χ4n) is 6.15. The van der Waals surface area contributed by atoms with Crippen molar-refractivity contribution in [3.63, 3.8) is 0 Å². The van der Waals surface area contributed by atoms with Crippen molar-refractivity contribution >= 4 is 0 Å². The maximum Gasteiger partial charge on any atom is 0.188 e. The smallest absolute Gasteiger partial charge is 0.188 e. The fourth-order valence-corrected chi connectivity index (χ4v) is 6.15. The fraction of sp³-hybridized carbons (Fsp3) is 0.727. The van der Waals surface area contributed by atoms with Gasteiger partial charge in [-0.15, -0.1) is 0 Å². The largest absolute Gasteiger partial charge is 0.468 e. The molecule has 5 atom stereocenters. The summed E-state index contributed by atoms with van der Waals surface area (Å²) < 4.78 is 21.9. The van der Waals surface area contributed by atoms with Gasteiger partial charge in [0.15, 0.2) is 6.79 Å². The third-order valence-corrected chi connectivity index (χ3v) is 7.34. The summed E-state index contributed by atoms with van der Waals surface area (Å²) >= 11 is 0. The third kappa shape index (κ3) is 3.06. The highest BCUT2D eigenvalue weighted by atomic mass is 16.7. The van der Waals surface area contributed by atoms with Gasteiger partial charge >= 0.3 is 0 Å². The van der Waals surface area contributed by atoms with E-state index in [1.54, 1.807) is 19.8 Å². The Morgan fingerprint density at radius 2 is 1.88 bits per heavy atom. The number of hydrogen-bond acceptors (Lipinski definition) is 4. The lowest BCUT2D eigenvalue weighted by atomic mass is 9.55. The van der Waals surface area contributed by atoms with Gasteiger partial charge in [-0.2, -0.15) is 0 Å². The molecule has 0 bridgehead atoms. The Bertz CT molecular complexity index is 631. The number of methoxy groups -OCH3 is 2. The van der Waals surface area contributed by atoms with E-state index in [9.17, 15) is 0 Å². The van der Waals surface area contributed by atoms with Crippen molar-refractivity contribution in [3.05, 3.63) is 29.3 Å². The van der Waals surface area contributed by atoms with Crippen LogP contribution in [-0.2, 0) is 20.6 Å². The van der Waals surface area contributed by atoms with Gasteiger partial charge in [0, 0.05) is 14.2 Å². The number of hydrogen-bond donors (Lipinski definition) is 0. The van der Waals surface area contributed by atoms with Crippen molar-refractivity contribution < 1.29 is 18.9 Å². The van der Waals surface area contributed by atoms with Crippen molar-refractivity contribution in [2.75, 3.05) is 27.8 Å². The lowest BCUT2D eigenvalue weighted by Gasteiger charge is -2.50. The summed E-state index contributed by atoms with van der Waals surface area (Å²) in [4.78, 5) is 0. The summed E-state index contributed by atoms with van der Waals surface area (Å²) in [5, 5.41) is 0. The molecular weight excluding hydrogens is 328 g/mol. The molecular formula is C22H32O4. The summed E-state index contributed by atoms with van der Waals surface area (Å²) in [7, 11) is 3.38. The van der Waals surface area contributed by atoms with Crippen LogP contribution in [0, 0.1) is 17.3 Å². The second-order valence-corrected chi connectivity index (χ2v) is 8.51. The zero-order valence-corrected chi connectivity index (χ0v) is 16.3. The van der Waals surface area contributed by atoms with E-state index in [0.717, 1.165) is 24.0 Å². The molecule has 1 aromatic carbocycles. The van der Waals surface area contributed by atoms with Crippen LogP contribution < -0.4 is 4.74 Å². The standard InChI is InChI=1S/C22H32O4/c1-22-11-10-18-17-7-5-16(25-13-23-2)12-15(17)4-6-19(18)20(22)8-9-21(22)26-14-24-3/h5,7,12,18-21H,4,6,8-11,13-14H2,1-3H3/t18?,19?,20?,21-,22-/m0/s1. The van der Waals surface area contributed by atoms with Gasteiger partial charge in [-0.1, -0.05) is 13.0 Å². The number of aryl methyl sites for hydroxylation is 1. The zero-order chi connectivity index (χ0) is 18.1. The molecule has 0 aromatic heterocycles. The van der Waals surface area contributed by atoms with Crippen LogP contribution in [-0.4, -0.2) is 33.9 Å². The van der Waals surface area contributed by atoms with Crippen LogP contribution in [0.1, 0.15) is 56.1 Å². The average Bonchev–Trinajstić information content (AvgIpc) is 3.00. The summed E-state index contributed by atoms with van der Waals surface area (Å²) in [5.41, 5.74) is 3.36. The van der Waals surface area contributed by atoms with Gasteiger partial charge in [0.05, 0.1) is 6.10 Å². The minimum absolute atomic E-state index is 0.314. The molecule has 0 aliphatic heterocycles. The van der Waals surface area contributed by atoms with Crippen molar-refractivity contribution in [3.8, 4) is 5.75 Å². The van der Waals surface area contributed by atoms with E-state index in [2.05, 4.69) is 25.1 Å². The Hall–Kier alpha value is -1.10. The molecule has 3 unspecified atom stereocenters. The van der Waals surface area contributed by atoms with Crippen molar-refractivity contribution in [2.24, 2.45) is 17.3 Å². The van der Waals surface area contributed by atoms with Gasteiger partial charge in [0.1, 0.15) is 12.5 Å². The Morgan fingerprint density at radius 1 is 1.04 bits per heavy atom. The summed E-state index contributed by atoms with van der Waals surface area (Å²) in [6.45, 7) is 3.21. The first-order valence-electron chi connectivity index (χ1n) is 10.0. The van der Waals surface area contributed by atoms with Crippen molar-refractivity contribution in [1.82, 2.24) is 0 Å². The first-order chi connectivity index (χ1) is 12.7. The van der Waals surface area contributed by atoms with Crippen molar-refractivity contribution in [2.45, 2.75) is 57.5 Å². The lowest BCUT2D eigenvalue weighted by molar-refractivity contribution is -0.125. The maximum atomic E-state index is 6.08. The van der Waals surface area contributed by atoms with E-state index in [1.807, 2.05) is 0 Å². The normalized spacial score (nSPS) is 35.5. The third-order valence-electron chi connectivity index (χ3n) is 7.34. The minimum atomic E-state index is 0.314. The first kappa shape index (κ1) is 18.3. The molecule has 0 spiro atoms. The zero-order valence-electron chi connectivity index (χ0n) is 16.3. The Morgan fingerprint density at radius 3 is 2.69 bits per heavy atom. The maximum absolute atomic E-state index is 6.08. The Kier molecular flexibility index (Phi) is 5.27. The van der Waals surface area contributed by atoms with Crippen molar-refractivity contribution in [1.29, 1.82) is 0 Å². The second kappa shape index (κ2) is 7.49. The Balaban J connectivity index is 1.53. The van der Waals surface area contributed by atoms with Crippen LogP contribution in [0.25, 0.3) is 0 Å². The first-order valence-corrected chi connectivity index (χ1v) is 10.0. The quantitative estimate of drug-likeness (QED) is 0.699. The number of ether oxygens (including phenoxy) is 4. The van der Waals surface area contributed by atoms with Gasteiger partial charge < -0.3 is 18.9 Å². The second-order valence-electron chi connectivity index (χ2n) is 8.51. The molecule has 2 fully saturated rings. The highest BCUT2D eigenvalue weighted by molar-refractivity contribution is 5.40. The van der Waals surface area contributed by atoms with Crippen LogP contribution in [0.5, 0.6) is 5.75 Å². The topological polar surface area (TPSA) is 36.9 Å². The van der Waals surface area contributed by atoms with Gasteiger partial charge in [0.25, 0.3) is 0 Å². The molecule has 2 saturated carbocycles. The summed E-state index contributed by atoms with van der Waals surface area (Å²) in [6, 6.07) is 6.67. The molecule has 0 radical (unpaired) electrons. The van der Waals surface area contributed by atoms with Crippen LogP contribution in [0.4, 0.5) is 0 Å². The molecule has 26 heavy (non-hydrogen) atoms. The van der Waals surface area contributed by atoms with E-state index in [1.165, 1.54) is 37.7 Å². The average molecular weight is 360 g/mol. The number of fused-ring (bicyclic) bond motifs is 5. The summed E-state index contributed by atoms with van der Waals surface area (Å²) in [6.07, 6.45) is 7.84. The van der Waals surface area contributed by atoms with E-state index in [0.29, 0.717) is 31.0 Å². The molecule has 0 amide bonds. The number of rotatable bonds is 6. The van der Waals surface area contributed by atoms with Crippen LogP contribution in [0.3, 0.4) is 0 Å². The molecule has 4 heteroatoms. The predicted molar refractivity (Wildman–Crippen MR) is 100 cm³/mol. The SMILES string of the molecule is COCOc1ccc2c(c1)CCC1C2CC[C@@]2(C)C1CC[C@@H]2OCOC. The van der Waals surface area contributed by atoms with E-state index in [4.69, 9.17) is 18.9 Å². The summed E-state index contributed by atoms with van der Waals surface area (Å²) in [5.74, 6) is 3.21. The van der Waals surface area contributed by atoms with E-state index in [-0.39, 0.29) is 0 Å². The highest BCUT2D eigenvalue weighted by Gasteiger charge is 2.55. The number of benzene rings is 1. The molecule has 3 aliphatic carbocycles. The molecule has 4 rings (SSSR count). The van der Waals surface area contributed by atoms with Gasteiger partial charge in [-0.25, -0.2) is 0 Å². The lowest BCUT2D eigenvalue weighted by Crippen LogP contribution is -2.44. The van der Waals surface area contributed by atoms with Gasteiger partial charge in [-0.3, -0.25) is 0 Å². The molecule has 144 valence electrons.